The van der Waals surface area contributed by atoms with Crippen molar-refractivity contribution in [2.24, 2.45) is 0 Å². The number of hydrogen-bond acceptors (Lipinski definition) is 4. The molecule has 2 saturated carbocycles. The Kier molecular flexibility index (Phi) is 3.78. The summed E-state index contributed by atoms with van der Waals surface area (Å²) in [5.74, 6) is 0.600. The first-order chi connectivity index (χ1) is 15.6. The molecule has 1 N–H and O–H groups in total. The molecule has 1 spiro atoms. The first kappa shape index (κ1) is 18.8. The predicted octanol–water partition coefficient (Wildman–Crippen LogP) is 4.47. The van der Waals surface area contributed by atoms with Crippen LogP contribution in [0.25, 0.3) is 11.0 Å². The van der Waals surface area contributed by atoms with Gasteiger partial charge < -0.3 is 19.4 Å². The second-order valence-corrected chi connectivity index (χ2v) is 9.80. The van der Waals surface area contributed by atoms with E-state index in [1.54, 1.807) is 7.05 Å². The Hall–Kier alpha value is -2.70. The molecule has 2 atom stereocenters. The van der Waals surface area contributed by atoms with Crippen LogP contribution in [0.15, 0.2) is 30.5 Å². The van der Waals surface area contributed by atoms with Crippen LogP contribution in [-0.2, 0) is 21.7 Å². The lowest BCUT2D eigenvalue weighted by atomic mass is 9.89. The summed E-state index contributed by atoms with van der Waals surface area (Å²) in [6.45, 7) is 3.16. The molecule has 2 fully saturated rings. The molecular weight excluding hydrogens is 402 g/mol. The van der Waals surface area contributed by atoms with Crippen LogP contribution in [0.3, 0.4) is 0 Å². The highest BCUT2D eigenvalue weighted by Gasteiger charge is 2.51. The maximum atomic E-state index is 13.0. The number of nitrogens with zero attached hydrogens (tertiary/aromatic N) is 2. The maximum Gasteiger partial charge on any atom is 0.267 e. The van der Waals surface area contributed by atoms with Gasteiger partial charge in [-0.3, -0.25) is 9.78 Å². The number of aromatic nitrogens is 2. The van der Waals surface area contributed by atoms with Crippen molar-refractivity contribution in [2.45, 2.75) is 62.9 Å². The molecule has 2 aliphatic heterocycles. The van der Waals surface area contributed by atoms with E-state index in [2.05, 4.69) is 35.0 Å². The zero-order valence-corrected chi connectivity index (χ0v) is 18.5. The SMILES string of the molecule is CNC(=O)c1cc2ncc3c(c2n1[C@@H]1COC2(CC2)c2cc(C4CC4)ccc21)COC3C. The molecule has 1 amide bonds. The van der Waals surface area contributed by atoms with Crippen LogP contribution < -0.4 is 5.32 Å². The van der Waals surface area contributed by atoms with Crippen molar-refractivity contribution in [2.75, 3.05) is 13.7 Å². The van der Waals surface area contributed by atoms with Gasteiger partial charge in [0.25, 0.3) is 5.91 Å². The van der Waals surface area contributed by atoms with Gasteiger partial charge in [-0.2, -0.15) is 0 Å². The van der Waals surface area contributed by atoms with E-state index < -0.39 is 0 Å². The van der Waals surface area contributed by atoms with Crippen molar-refractivity contribution in [3.8, 4) is 0 Å². The number of hydrogen-bond donors (Lipinski definition) is 1. The Morgan fingerprint density at radius 2 is 2.06 bits per heavy atom. The third kappa shape index (κ3) is 2.54. The van der Waals surface area contributed by atoms with Gasteiger partial charge in [-0.15, -0.1) is 0 Å². The van der Waals surface area contributed by atoms with E-state index in [4.69, 9.17) is 14.5 Å². The fourth-order valence-electron chi connectivity index (χ4n) is 5.77. The third-order valence-electron chi connectivity index (χ3n) is 7.88. The van der Waals surface area contributed by atoms with Crippen molar-refractivity contribution < 1.29 is 14.3 Å². The fourth-order valence-corrected chi connectivity index (χ4v) is 5.77. The molecular formula is C26H27N3O3. The van der Waals surface area contributed by atoms with Crippen molar-refractivity contribution in [3.63, 3.8) is 0 Å². The molecule has 4 heterocycles. The van der Waals surface area contributed by atoms with E-state index >= 15 is 0 Å². The van der Waals surface area contributed by atoms with Crippen molar-refractivity contribution in [3.05, 3.63) is 64.0 Å². The summed E-state index contributed by atoms with van der Waals surface area (Å²) in [6, 6.07) is 8.83. The second-order valence-electron chi connectivity index (χ2n) is 9.80. The van der Waals surface area contributed by atoms with Gasteiger partial charge in [-0.05, 0) is 61.3 Å². The minimum absolute atomic E-state index is 0.0134. The summed E-state index contributed by atoms with van der Waals surface area (Å²) in [4.78, 5) is 17.7. The quantitative estimate of drug-likeness (QED) is 0.667. The number of benzene rings is 1. The number of carbonyl (C=O) groups is 1. The molecule has 164 valence electrons. The normalized spacial score (nSPS) is 25.1. The Labute approximate surface area is 186 Å². The van der Waals surface area contributed by atoms with Crippen molar-refractivity contribution in [1.29, 1.82) is 0 Å². The minimum Gasteiger partial charge on any atom is -0.369 e. The minimum atomic E-state index is -0.120. The number of ether oxygens (including phenoxy) is 2. The zero-order chi connectivity index (χ0) is 21.6. The number of fused-ring (bicyclic) bond motifs is 5. The van der Waals surface area contributed by atoms with Crippen LogP contribution in [0.5, 0.6) is 0 Å². The number of amides is 1. The van der Waals surface area contributed by atoms with Crippen molar-refractivity contribution >= 4 is 16.9 Å². The summed E-state index contributed by atoms with van der Waals surface area (Å²) in [7, 11) is 1.68. The van der Waals surface area contributed by atoms with E-state index in [1.165, 1.54) is 29.5 Å². The average molecular weight is 430 g/mol. The predicted molar refractivity (Wildman–Crippen MR) is 120 cm³/mol. The van der Waals surface area contributed by atoms with E-state index in [0.717, 1.165) is 35.0 Å². The molecule has 1 aromatic carbocycles. The Balaban J connectivity index is 1.47. The monoisotopic (exact) mass is 429 g/mol. The van der Waals surface area contributed by atoms with Gasteiger partial charge in [-0.25, -0.2) is 0 Å². The molecule has 2 aromatic heterocycles. The molecule has 6 nitrogen and oxygen atoms in total. The van der Waals surface area contributed by atoms with Crippen LogP contribution in [0.2, 0.25) is 0 Å². The van der Waals surface area contributed by atoms with Crippen molar-refractivity contribution in [1.82, 2.24) is 14.9 Å². The van der Waals surface area contributed by atoms with Gasteiger partial charge in [0, 0.05) is 24.4 Å². The summed E-state index contributed by atoms with van der Waals surface area (Å²) >= 11 is 0. The summed E-state index contributed by atoms with van der Waals surface area (Å²) in [5, 5.41) is 2.82. The molecule has 1 unspecified atom stereocenters. The molecule has 0 bridgehead atoms. The Morgan fingerprint density at radius 1 is 1.22 bits per heavy atom. The lowest BCUT2D eigenvalue weighted by Gasteiger charge is -2.35. The Bertz CT molecular complexity index is 1290. The van der Waals surface area contributed by atoms with Crippen LogP contribution in [0, 0.1) is 0 Å². The highest BCUT2D eigenvalue weighted by atomic mass is 16.5. The number of nitrogens with one attached hydrogen (secondary N) is 1. The van der Waals surface area contributed by atoms with E-state index in [9.17, 15) is 4.79 Å². The second kappa shape index (κ2) is 6.42. The third-order valence-corrected chi connectivity index (χ3v) is 7.88. The number of carbonyl (C=O) groups excluding carboxylic acids is 1. The molecule has 0 radical (unpaired) electrons. The molecule has 7 rings (SSSR count). The van der Waals surface area contributed by atoms with E-state index in [0.29, 0.717) is 24.8 Å². The zero-order valence-electron chi connectivity index (χ0n) is 18.5. The largest absolute Gasteiger partial charge is 0.369 e. The van der Waals surface area contributed by atoms with Crippen LogP contribution >= 0.6 is 0 Å². The highest BCUT2D eigenvalue weighted by molar-refractivity contribution is 5.99. The molecule has 3 aromatic rings. The topological polar surface area (TPSA) is 65.4 Å². The van der Waals surface area contributed by atoms with E-state index in [-0.39, 0.29) is 23.7 Å². The molecule has 32 heavy (non-hydrogen) atoms. The molecule has 6 heteroatoms. The standard InChI is InChI=1S/C26H27N3O3/c1-14-18-11-28-21-10-22(25(30)27-2)29(24(21)19(18)12-31-14)23-13-32-26(7-8-26)20-9-16(15-3-4-15)5-6-17(20)23/h5-6,9-11,14-15,23H,3-4,7-8,12-13H2,1-2H3,(H,27,30)/t14?,23-/m1/s1. The van der Waals surface area contributed by atoms with Gasteiger partial charge >= 0.3 is 0 Å². The average Bonchev–Trinajstić information content (AvgIpc) is 3.73. The lowest BCUT2D eigenvalue weighted by molar-refractivity contribution is 0.00131. The van der Waals surface area contributed by atoms with Gasteiger partial charge in [0.05, 0.1) is 42.0 Å². The van der Waals surface area contributed by atoms with E-state index in [1.807, 2.05) is 12.3 Å². The highest BCUT2D eigenvalue weighted by Crippen LogP contribution is 2.56. The van der Waals surface area contributed by atoms with Gasteiger partial charge in [-0.1, -0.05) is 18.2 Å². The molecule has 0 saturated heterocycles. The first-order valence-electron chi connectivity index (χ1n) is 11.7. The summed E-state index contributed by atoms with van der Waals surface area (Å²) in [5.41, 5.74) is 8.64. The van der Waals surface area contributed by atoms with Crippen LogP contribution in [-0.4, -0.2) is 29.1 Å². The Morgan fingerprint density at radius 3 is 2.81 bits per heavy atom. The fraction of sp³-hybridized carbons (Fsp3) is 0.462. The number of pyridine rings is 1. The lowest BCUT2D eigenvalue weighted by Crippen LogP contribution is -2.33. The van der Waals surface area contributed by atoms with Crippen LogP contribution in [0.4, 0.5) is 0 Å². The first-order valence-corrected chi connectivity index (χ1v) is 11.7. The van der Waals surface area contributed by atoms with Gasteiger partial charge in [0.2, 0.25) is 0 Å². The molecule has 4 aliphatic rings. The van der Waals surface area contributed by atoms with Gasteiger partial charge in [0.15, 0.2) is 0 Å². The van der Waals surface area contributed by atoms with Gasteiger partial charge in [0.1, 0.15) is 5.69 Å². The molecule has 2 aliphatic carbocycles. The number of rotatable bonds is 3. The maximum absolute atomic E-state index is 13.0. The summed E-state index contributed by atoms with van der Waals surface area (Å²) in [6.07, 6.45) is 6.65. The van der Waals surface area contributed by atoms with Crippen LogP contribution in [0.1, 0.15) is 89.0 Å². The summed E-state index contributed by atoms with van der Waals surface area (Å²) < 4.78 is 14.7. The smallest absolute Gasteiger partial charge is 0.267 e.